The van der Waals surface area contributed by atoms with E-state index < -0.39 is 17.9 Å². The van der Waals surface area contributed by atoms with Crippen LogP contribution in [0.3, 0.4) is 0 Å². The Balaban J connectivity index is 1.33. The molecule has 0 saturated heterocycles. The molecule has 3 rings (SSSR count). The van der Waals surface area contributed by atoms with Gasteiger partial charge in [-0.1, -0.05) is 89.3 Å². The van der Waals surface area contributed by atoms with E-state index in [0.717, 1.165) is 67.2 Å². The van der Waals surface area contributed by atoms with E-state index in [4.69, 9.17) is 15.6 Å². The predicted octanol–water partition coefficient (Wildman–Crippen LogP) is 8.67. The zero-order valence-electron chi connectivity index (χ0n) is 33.5. The van der Waals surface area contributed by atoms with Crippen molar-refractivity contribution in [2.24, 2.45) is 11.8 Å². The van der Waals surface area contributed by atoms with Gasteiger partial charge in [-0.2, -0.15) is 0 Å². The number of aromatic nitrogens is 1. The van der Waals surface area contributed by atoms with E-state index in [1.54, 1.807) is 6.92 Å². The van der Waals surface area contributed by atoms with Gasteiger partial charge in [-0.05, 0) is 92.2 Å². The Morgan fingerprint density at radius 3 is 2.13 bits per heavy atom. The molecule has 4 N–H and O–H groups in total. The normalized spacial score (nSPS) is 12.4. The Morgan fingerprint density at radius 2 is 1.42 bits per heavy atom. The number of nitrogens with zero attached hydrogens (tertiary/aromatic N) is 1. The first-order valence-electron chi connectivity index (χ1n) is 20.3. The first-order valence-corrected chi connectivity index (χ1v) is 20.3. The lowest BCUT2D eigenvalue weighted by Crippen LogP contribution is -2.44. The lowest BCUT2D eigenvalue weighted by atomic mass is 9.88. The molecule has 0 saturated carbocycles. The Kier molecular flexibility index (Phi) is 19.6. The molecule has 1 heterocycles. The summed E-state index contributed by atoms with van der Waals surface area (Å²) in [5, 5.41) is 12.7. The van der Waals surface area contributed by atoms with E-state index in [-0.39, 0.29) is 55.2 Å². The van der Waals surface area contributed by atoms with Crippen molar-refractivity contribution in [2.45, 2.75) is 149 Å². The minimum Gasteiger partial charge on any atom is -0.481 e. The van der Waals surface area contributed by atoms with Crippen molar-refractivity contribution < 1.29 is 33.8 Å². The zero-order valence-corrected chi connectivity index (χ0v) is 33.5. The van der Waals surface area contributed by atoms with E-state index >= 15 is 0 Å². The number of benzene rings is 2. The molecule has 0 aliphatic heterocycles. The summed E-state index contributed by atoms with van der Waals surface area (Å²) in [6, 6.07) is 15.1. The molecular weight excluding hydrogens is 695 g/mol. The Hall–Kier alpha value is -4.60. The highest BCUT2D eigenvalue weighted by molar-refractivity contribution is 5.92. The lowest BCUT2D eigenvalue weighted by Gasteiger charge is -2.22. The molecule has 0 fully saturated rings. The van der Waals surface area contributed by atoms with E-state index in [9.17, 15) is 24.0 Å². The molecule has 2 aromatic carbocycles. The molecule has 2 atom stereocenters. The van der Waals surface area contributed by atoms with Crippen LogP contribution in [0.2, 0.25) is 0 Å². The van der Waals surface area contributed by atoms with Gasteiger partial charge in [0.15, 0.2) is 5.78 Å². The summed E-state index contributed by atoms with van der Waals surface area (Å²) in [6.07, 6.45) is 11.9. The molecule has 55 heavy (non-hydrogen) atoms. The number of aliphatic carboxylic acids is 1. The van der Waals surface area contributed by atoms with Crippen LogP contribution in [-0.2, 0) is 54.6 Å². The van der Waals surface area contributed by atoms with Gasteiger partial charge in [-0.15, -0.1) is 0 Å². The first kappa shape index (κ1) is 44.8. The standard InChI is InChI=1S/C45H63N3O7/c1-5-6-10-17-36-28-39-35(18-15-20-40(39)48-44(36)46)16-11-7-8-14-22-43(53)55-30-34-25-23-33(24-26-34)27-41(50)32(4)47-45(54)38(31(2)3)29-37(49)19-12-9-13-21-42(51)52/h15,18,20,23-26,28,31-32,38H,5-14,16-17,19,21-22,27,29-30H2,1-4H3,(H2,46,48)(H,47,54)(H,51,52)/t32-,38-/m0/s1. The fourth-order valence-electron chi connectivity index (χ4n) is 6.73. The number of nitrogen functional groups attached to an aromatic ring is 1. The fourth-order valence-corrected chi connectivity index (χ4v) is 6.73. The number of carboxylic acid groups (broad SMARTS) is 1. The molecule has 0 spiro atoms. The number of amides is 1. The number of carboxylic acids is 1. The number of aryl methyl sites for hydroxylation is 2. The third-order valence-corrected chi connectivity index (χ3v) is 10.3. The molecule has 0 bridgehead atoms. The number of Topliss-reactive ketones (excluding diaryl/α,β-unsaturated/α-hetero) is 2. The van der Waals surface area contributed by atoms with Crippen LogP contribution in [0.15, 0.2) is 48.5 Å². The van der Waals surface area contributed by atoms with Gasteiger partial charge in [0.05, 0.1) is 11.6 Å². The average molecular weight is 758 g/mol. The fraction of sp³-hybridized carbons (Fsp3) is 0.556. The number of carbonyl (C=O) groups excluding carboxylic acids is 4. The number of anilines is 1. The molecule has 10 nitrogen and oxygen atoms in total. The summed E-state index contributed by atoms with van der Waals surface area (Å²) >= 11 is 0. The van der Waals surface area contributed by atoms with Crippen molar-refractivity contribution in [3.05, 3.63) is 70.8 Å². The number of ether oxygens (including phenoxy) is 1. The minimum atomic E-state index is -0.847. The molecule has 0 aliphatic rings. The SMILES string of the molecule is CCCCCc1cc2c(CCCCCCC(=O)OCc3ccc(CC(=O)[C@H](C)NC(=O)[C@@H](CC(=O)CCCCCC(=O)O)C(C)C)cc3)cccc2nc1N. The van der Waals surface area contributed by atoms with Gasteiger partial charge in [0.25, 0.3) is 0 Å². The van der Waals surface area contributed by atoms with Gasteiger partial charge in [0, 0.05) is 43.4 Å². The second-order valence-corrected chi connectivity index (χ2v) is 15.3. The summed E-state index contributed by atoms with van der Waals surface area (Å²) < 4.78 is 5.51. The van der Waals surface area contributed by atoms with E-state index in [1.165, 1.54) is 23.8 Å². The van der Waals surface area contributed by atoms with Crippen molar-refractivity contribution in [3.8, 4) is 0 Å². The summed E-state index contributed by atoms with van der Waals surface area (Å²) in [5.41, 5.74) is 11.2. The number of ketones is 2. The number of nitrogens with two attached hydrogens (primary N) is 1. The van der Waals surface area contributed by atoms with Gasteiger partial charge >= 0.3 is 11.9 Å². The molecule has 0 unspecified atom stereocenters. The molecule has 3 aromatic rings. The third-order valence-electron chi connectivity index (χ3n) is 10.3. The lowest BCUT2D eigenvalue weighted by molar-refractivity contribution is -0.145. The molecule has 0 radical (unpaired) electrons. The predicted molar refractivity (Wildman–Crippen MR) is 217 cm³/mol. The molecule has 0 aliphatic carbocycles. The number of unbranched alkanes of at least 4 members (excludes halogenated alkanes) is 7. The molecule has 1 amide bonds. The number of rotatable bonds is 27. The number of hydrogen-bond acceptors (Lipinski definition) is 8. The number of carbonyl (C=O) groups is 5. The largest absolute Gasteiger partial charge is 0.481 e. The Morgan fingerprint density at radius 1 is 0.782 bits per heavy atom. The highest BCUT2D eigenvalue weighted by Crippen LogP contribution is 2.25. The van der Waals surface area contributed by atoms with E-state index in [2.05, 4.69) is 29.4 Å². The minimum absolute atomic E-state index is 0.0334. The van der Waals surface area contributed by atoms with Crippen molar-refractivity contribution in [1.82, 2.24) is 10.3 Å². The van der Waals surface area contributed by atoms with Crippen molar-refractivity contribution in [2.75, 3.05) is 5.73 Å². The monoisotopic (exact) mass is 757 g/mol. The maximum absolute atomic E-state index is 13.0. The van der Waals surface area contributed by atoms with Crippen LogP contribution < -0.4 is 11.1 Å². The van der Waals surface area contributed by atoms with Gasteiger partial charge < -0.3 is 20.9 Å². The first-order chi connectivity index (χ1) is 26.4. The van der Waals surface area contributed by atoms with Gasteiger partial charge in [-0.3, -0.25) is 24.0 Å². The van der Waals surface area contributed by atoms with Crippen molar-refractivity contribution >= 4 is 46.1 Å². The number of hydrogen-bond donors (Lipinski definition) is 3. The van der Waals surface area contributed by atoms with Crippen molar-refractivity contribution in [3.63, 3.8) is 0 Å². The summed E-state index contributed by atoms with van der Waals surface area (Å²) in [7, 11) is 0. The Labute approximate surface area is 327 Å². The van der Waals surface area contributed by atoms with Crippen LogP contribution in [0.1, 0.15) is 140 Å². The summed E-state index contributed by atoms with van der Waals surface area (Å²) in [6.45, 7) is 7.77. The van der Waals surface area contributed by atoms with Crippen LogP contribution in [0.4, 0.5) is 5.82 Å². The second kappa shape index (κ2) is 24.0. The second-order valence-electron chi connectivity index (χ2n) is 15.3. The molecule has 300 valence electrons. The summed E-state index contributed by atoms with van der Waals surface area (Å²) in [5.74, 6) is -1.56. The topological polar surface area (TPSA) is 166 Å². The average Bonchev–Trinajstić information content (AvgIpc) is 3.14. The van der Waals surface area contributed by atoms with Crippen molar-refractivity contribution in [1.29, 1.82) is 0 Å². The maximum Gasteiger partial charge on any atom is 0.306 e. The van der Waals surface area contributed by atoms with Crippen LogP contribution in [-0.4, -0.2) is 45.5 Å². The molecular formula is C45H63N3O7. The van der Waals surface area contributed by atoms with Crippen LogP contribution >= 0.6 is 0 Å². The van der Waals surface area contributed by atoms with Gasteiger partial charge in [0.2, 0.25) is 5.91 Å². The highest BCUT2D eigenvalue weighted by Gasteiger charge is 2.27. The third kappa shape index (κ3) is 16.3. The maximum atomic E-state index is 13.0. The molecule has 1 aromatic heterocycles. The number of fused-ring (bicyclic) bond motifs is 1. The van der Waals surface area contributed by atoms with Gasteiger partial charge in [-0.25, -0.2) is 4.98 Å². The van der Waals surface area contributed by atoms with Crippen LogP contribution in [0, 0.1) is 11.8 Å². The highest BCUT2D eigenvalue weighted by atomic mass is 16.5. The Bertz CT molecular complexity index is 1700. The number of esters is 1. The van der Waals surface area contributed by atoms with E-state index in [0.29, 0.717) is 37.9 Å². The number of pyridine rings is 1. The quantitative estimate of drug-likeness (QED) is 0.0510. The zero-order chi connectivity index (χ0) is 40.2. The number of nitrogens with one attached hydrogen (secondary N) is 1. The van der Waals surface area contributed by atoms with Crippen LogP contribution in [0.5, 0.6) is 0 Å². The smallest absolute Gasteiger partial charge is 0.306 e. The summed E-state index contributed by atoms with van der Waals surface area (Å²) in [4.78, 5) is 66.3. The van der Waals surface area contributed by atoms with E-state index in [1.807, 2.05) is 50.2 Å². The van der Waals surface area contributed by atoms with Gasteiger partial charge in [0.1, 0.15) is 18.2 Å². The van der Waals surface area contributed by atoms with Crippen LogP contribution in [0.25, 0.3) is 10.9 Å². The molecule has 10 heteroatoms.